The van der Waals surface area contributed by atoms with E-state index in [9.17, 15) is 27.2 Å². The maximum atomic E-state index is 14.6. The van der Waals surface area contributed by atoms with Crippen molar-refractivity contribution >= 4 is 36.2 Å². The van der Waals surface area contributed by atoms with E-state index < -0.39 is 29.5 Å². The van der Waals surface area contributed by atoms with Crippen LogP contribution >= 0.6 is 0 Å². The molecule has 0 N–H and O–H groups in total. The average molecular weight is 522 g/mol. The topological polar surface area (TPSA) is 52.6 Å². The smallest absolute Gasteiger partial charge is 0.422 e. The van der Waals surface area contributed by atoms with Crippen LogP contribution in [0.5, 0.6) is 11.5 Å². The second-order valence-corrected chi connectivity index (χ2v) is 8.12. The molecule has 3 aromatic carbocycles. The lowest BCUT2D eigenvalue weighted by atomic mass is 10.1. The van der Waals surface area contributed by atoms with Gasteiger partial charge in [-0.1, -0.05) is 73.9 Å². The van der Waals surface area contributed by atoms with Crippen molar-refractivity contribution in [2.24, 2.45) is 0 Å². The molecule has 0 aliphatic rings. The van der Waals surface area contributed by atoms with E-state index in [-0.39, 0.29) is 5.75 Å². The van der Waals surface area contributed by atoms with E-state index in [0.717, 1.165) is 5.56 Å². The third-order valence-corrected chi connectivity index (χ3v) is 5.07. The van der Waals surface area contributed by atoms with E-state index in [4.69, 9.17) is 4.74 Å². The lowest BCUT2D eigenvalue weighted by Gasteiger charge is -2.09. The van der Waals surface area contributed by atoms with Crippen LogP contribution in [-0.2, 0) is 9.59 Å². The van der Waals surface area contributed by atoms with Gasteiger partial charge in [0.2, 0.25) is 0 Å². The van der Waals surface area contributed by atoms with Crippen LogP contribution in [0.25, 0.3) is 24.3 Å². The Bertz CT molecular complexity index is 1410. The summed E-state index contributed by atoms with van der Waals surface area (Å²) in [6, 6.07) is 17.2. The van der Waals surface area contributed by atoms with E-state index >= 15 is 0 Å². The molecule has 0 fully saturated rings. The first-order valence-electron chi connectivity index (χ1n) is 11.1. The molecule has 3 aromatic rings. The predicted octanol–water partition coefficient (Wildman–Crippen LogP) is 7.67. The molecule has 0 bridgehead atoms. The number of carbonyl (C=O) groups excluding carboxylic acids is 2. The maximum absolute atomic E-state index is 14.6. The second-order valence-electron chi connectivity index (χ2n) is 8.12. The van der Waals surface area contributed by atoms with Gasteiger partial charge in [-0.2, -0.15) is 13.2 Å². The van der Waals surface area contributed by atoms with E-state index in [1.165, 1.54) is 30.3 Å². The molecule has 38 heavy (non-hydrogen) atoms. The fourth-order valence-electron chi connectivity index (χ4n) is 2.93. The monoisotopic (exact) mass is 522 g/mol. The second kappa shape index (κ2) is 12.0. The standard InChI is InChI=1S/C30H22F4O4/c1-19(2)28(35)37-25-14-8-21(9-15-25)4-5-23-7-13-24(27(31)18-23)12-6-22-10-16-26(17-11-22)38-29(36)20(3)30(32,33)34/h4-18H,1,3H2,2H3/b5-4+,12-6+. The molecule has 3 rings (SSSR count). The lowest BCUT2D eigenvalue weighted by molar-refractivity contribution is -0.142. The maximum Gasteiger partial charge on any atom is 0.422 e. The Kier molecular flexibility index (Phi) is 8.81. The quantitative estimate of drug-likeness (QED) is 0.100. The van der Waals surface area contributed by atoms with Gasteiger partial charge in [-0.15, -0.1) is 0 Å². The van der Waals surface area contributed by atoms with Crippen molar-refractivity contribution in [3.8, 4) is 11.5 Å². The number of esters is 2. The molecule has 0 unspecified atom stereocenters. The summed E-state index contributed by atoms with van der Waals surface area (Å²) >= 11 is 0. The highest BCUT2D eigenvalue weighted by atomic mass is 19.4. The first kappa shape index (κ1) is 27.9. The van der Waals surface area contributed by atoms with Crippen molar-refractivity contribution in [1.29, 1.82) is 0 Å². The van der Waals surface area contributed by atoms with E-state index in [1.54, 1.807) is 67.6 Å². The molecule has 0 heterocycles. The Morgan fingerprint density at radius 2 is 1.16 bits per heavy atom. The van der Waals surface area contributed by atoms with Gasteiger partial charge in [0.15, 0.2) is 0 Å². The van der Waals surface area contributed by atoms with Crippen LogP contribution in [0.2, 0.25) is 0 Å². The van der Waals surface area contributed by atoms with Gasteiger partial charge >= 0.3 is 18.1 Å². The number of benzene rings is 3. The Hall–Kier alpha value is -4.72. The normalized spacial score (nSPS) is 11.5. The third kappa shape index (κ3) is 7.89. The van der Waals surface area contributed by atoms with Gasteiger partial charge in [-0.25, -0.2) is 14.0 Å². The van der Waals surface area contributed by atoms with Crippen molar-refractivity contribution in [3.05, 3.63) is 119 Å². The molecule has 0 spiro atoms. The van der Waals surface area contributed by atoms with Crippen LogP contribution in [0, 0.1) is 5.82 Å². The molecule has 0 saturated carbocycles. The SMILES string of the molecule is C=C(C)C(=O)Oc1ccc(/C=C/c2ccc(/C=C/c3ccc(OC(=O)C(=C)C(F)(F)F)cc3)c(F)c2)cc1. The highest BCUT2D eigenvalue weighted by Crippen LogP contribution is 2.26. The molecular weight excluding hydrogens is 500 g/mol. The van der Waals surface area contributed by atoms with Crippen LogP contribution in [0.1, 0.15) is 29.2 Å². The van der Waals surface area contributed by atoms with Crippen molar-refractivity contribution < 1.29 is 36.6 Å². The molecule has 4 nitrogen and oxygen atoms in total. The molecule has 0 aromatic heterocycles. The molecule has 0 aliphatic heterocycles. The van der Waals surface area contributed by atoms with E-state index in [0.29, 0.717) is 28.0 Å². The van der Waals surface area contributed by atoms with Gasteiger partial charge in [-0.05, 0) is 53.9 Å². The minimum atomic E-state index is -4.87. The number of ether oxygens (including phenoxy) is 2. The van der Waals surface area contributed by atoms with Crippen LogP contribution in [-0.4, -0.2) is 18.1 Å². The summed E-state index contributed by atoms with van der Waals surface area (Å²) in [5.74, 6) is -2.24. The molecule has 8 heteroatoms. The summed E-state index contributed by atoms with van der Waals surface area (Å²) in [4.78, 5) is 23.1. The van der Waals surface area contributed by atoms with E-state index in [2.05, 4.69) is 17.9 Å². The van der Waals surface area contributed by atoms with Gasteiger partial charge in [0.1, 0.15) is 22.9 Å². The number of rotatable bonds is 8. The zero-order valence-electron chi connectivity index (χ0n) is 20.2. The van der Waals surface area contributed by atoms with Gasteiger partial charge in [0.25, 0.3) is 0 Å². The number of carbonyl (C=O) groups is 2. The molecule has 0 atom stereocenters. The predicted molar refractivity (Wildman–Crippen MR) is 138 cm³/mol. The van der Waals surface area contributed by atoms with Crippen LogP contribution in [0.15, 0.2) is 91.0 Å². The van der Waals surface area contributed by atoms with Crippen molar-refractivity contribution in [1.82, 2.24) is 0 Å². The zero-order chi connectivity index (χ0) is 27.9. The summed E-state index contributed by atoms with van der Waals surface area (Å²) in [6.07, 6.45) is 1.80. The minimum absolute atomic E-state index is 0.0811. The number of alkyl halides is 3. The molecule has 0 aliphatic carbocycles. The lowest BCUT2D eigenvalue weighted by Crippen LogP contribution is -2.23. The van der Waals surface area contributed by atoms with E-state index in [1.807, 2.05) is 0 Å². The number of hydrogen-bond acceptors (Lipinski definition) is 4. The van der Waals surface area contributed by atoms with Crippen molar-refractivity contribution in [3.63, 3.8) is 0 Å². The minimum Gasteiger partial charge on any atom is -0.423 e. The summed E-state index contributed by atoms with van der Waals surface area (Å²) in [5, 5.41) is 0. The fourth-order valence-corrected chi connectivity index (χ4v) is 2.93. The van der Waals surface area contributed by atoms with Gasteiger partial charge in [0, 0.05) is 11.1 Å². The number of halogens is 4. The average Bonchev–Trinajstić information content (AvgIpc) is 2.87. The molecule has 0 amide bonds. The van der Waals surface area contributed by atoms with Crippen molar-refractivity contribution in [2.45, 2.75) is 13.1 Å². The molecular formula is C30H22F4O4. The Morgan fingerprint density at radius 1 is 0.711 bits per heavy atom. The fraction of sp³-hybridized carbons (Fsp3) is 0.0667. The van der Waals surface area contributed by atoms with Crippen LogP contribution in [0.4, 0.5) is 17.6 Å². The summed E-state index contributed by atoms with van der Waals surface area (Å²) in [6.45, 7) is 7.78. The first-order valence-corrected chi connectivity index (χ1v) is 11.1. The highest BCUT2D eigenvalue weighted by Gasteiger charge is 2.38. The van der Waals surface area contributed by atoms with Gasteiger partial charge < -0.3 is 9.47 Å². The Labute approximate surface area is 216 Å². The Balaban J connectivity index is 1.61. The summed E-state index contributed by atoms with van der Waals surface area (Å²) in [5.41, 5.74) is 1.08. The zero-order valence-corrected chi connectivity index (χ0v) is 20.2. The van der Waals surface area contributed by atoms with Crippen LogP contribution < -0.4 is 9.47 Å². The molecule has 0 radical (unpaired) electrons. The molecule has 0 saturated heterocycles. The summed E-state index contributed by atoms with van der Waals surface area (Å²) < 4.78 is 61.9. The first-order chi connectivity index (χ1) is 17.9. The van der Waals surface area contributed by atoms with Gasteiger partial charge in [-0.3, -0.25) is 0 Å². The van der Waals surface area contributed by atoms with Gasteiger partial charge in [0.05, 0.1) is 0 Å². The molecule has 194 valence electrons. The van der Waals surface area contributed by atoms with Crippen molar-refractivity contribution in [2.75, 3.05) is 0 Å². The number of hydrogen-bond donors (Lipinski definition) is 0. The third-order valence-electron chi connectivity index (χ3n) is 5.07. The summed E-state index contributed by atoms with van der Waals surface area (Å²) in [7, 11) is 0. The van der Waals surface area contributed by atoms with Crippen LogP contribution in [0.3, 0.4) is 0 Å². The largest absolute Gasteiger partial charge is 0.423 e. The highest BCUT2D eigenvalue weighted by molar-refractivity contribution is 5.91. The Morgan fingerprint density at radius 3 is 1.63 bits per heavy atom.